The van der Waals surface area contributed by atoms with E-state index in [1.807, 2.05) is 12.1 Å². The SMILES string of the molecule is CCCCc1ccc(-c2ccc(S(=O)(=O)Nc3cc(C)on3)cc2)cc1. The van der Waals surface area contributed by atoms with Crippen LogP contribution in [0.3, 0.4) is 0 Å². The van der Waals surface area contributed by atoms with Crippen LogP contribution in [0.2, 0.25) is 0 Å². The Kier molecular flexibility index (Phi) is 5.42. The first-order valence-electron chi connectivity index (χ1n) is 8.63. The fourth-order valence-electron chi connectivity index (χ4n) is 2.68. The maximum absolute atomic E-state index is 12.4. The molecular formula is C20H22N2O3S. The molecule has 0 fully saturated rings. The fourth-order valence-corrected chi connectivity index (χ4v) is 3.67. The largest absolute Gasteiger partial charge is 0.360 e. The van der Waals surface area contributed by atoms with Crippen LogP contribution in [-0.2, 0) is 16.4 Å². The normalized spacial score (nSPS) is 11.5. The smallest absolute Gasteiger partial charge is 0.263 e. The third-order valence-corrected chi connectivity index (χ3v) is 5.51. The number of unbranched alkanes of at least 4 members (excludes halogenated alkanes) is 1. The highest BCUT2D eigenvalue weighted by atomic mass is 32.2. The Balaban J connectivity index is 1.75. The Bertz CT molecular complexity index is 959. The van der Waals surface area contributed by atoms with Gasteiger partial charge in [-0.2, -0.15) is 0 Å². The molecule has 0 unspecified atom stereocenters. The summed E-state index contributed by atoms with van der Waals surface area (Å²) in [5, 5.41) is 3.66. The Labute approximate surface area is 154 Å². The third-order valence-electron chi connectivity index (χ3n) is 4.14. The zero-order valence-corrected chi connectivity index (χ0v) is 15.7. The van der Waals surface area contributed by atoms with Crippen LogP contribution in [-0.4, -0.2) is 13.6 Å². The average molecular weight is 370 g/mol. The zero-order valence-electron chi connectivity index (χ0n) is 14.9. The van der Waals surface area contributed by atoms with Crippen LogP contribution in [0.25, 0.3) is 11.1 Å². The van der Waals surface area contributed by atoms with Crippen molar-refractivity contribution in [1.82, 2.24) is 5.16 Å². The minimum atomic E-state index is -3.69. The van der Waals surface area contributed by atoms with Crippen LogP contribution < -0.4 is 4.72 Å². The van der Waals surface area contributed by atoms with Crippen LogP contribution in [0.5, 0.6) is 0 Å². The number of hydrogen-bond donors (Lipinski definition) is 1. The van der Waals surface area contributed by atoms with E-state index in [4.69, 9.17) is 4.52 Å². The van der Waals surface area contributed by atoms with Crippen molar-refractivity contribution in [2.45, 2.75) is 38.0 Å². The van der Waals surface area contributed by atoms with Gasteiger partial charge in [0.15, 0.2) is 5.82 Å². The summed E-state index contributed by atoms with van der Waals surface area (Å²) in [6.07, 6.45) is 3.45. The molecule has 0 saturated heterocycles. The number of aromatic nitrogens is 1. The minimum absolute atomic E-state index is 0.175. The topological polar surface area (TPSA) is 72.2 Å². The number of anilines is 1. The number of hydrogen-bond acceptors (Lipinski definition) is 4. The summed E-state index contributed by atoms with van der Waals surface area (Å²) in [5.74, 6) is 0.717. The molecule has 0 saturated carbocycles. The van der Waals surface area contributed by atoms with Gasteiger partial charge < -0.3 is 4.52 Å². The first-order valence-corrected chi connectivity index (χ1v) is 10.1. The van der Waals surface area contributed by atoms with Gasteiger partial charge in [-0.1, -0.05) is 54.9 Å². The minimum Gasteiger partial charge on any atom is -0.360 e. The predicted molar refractivity (Wildman–Crippen MR) is 103 cm³/mol. The van der Waals surface area contributed by atoms with Crippen molar-refractivity contribution in [3.8, 4) is 11.1 Å². The van der Waals surface area contributed by atoms with E-state index >= 15 is 0 Å². The molecule has 0 spiro atoms. The second-order valence-electron chi connectivity index (χ2n) is 6.25. The summed E-state index contributed by atoms with van der Waals surface area (Å²) in [4.78, 5) is 0.182. The molecule has 3 aromatic rings. The highest BCUT2D eigenvalue weighted by molar-refractivity contribution is 7.92. The lowest BCUT2D eigenvalue weighted by molar-refractivity contribution is 0.400. The molecular weight excluding hydrogens is 348 g/mol. The van der Waals surface area contributed by atoms with Gasteiger partial charge in [0.25, 0.3) is 10.0 Å². The van der Waals surface area contributed by atoms with Crippen molar-refractivity contribution in [3.63, 3.8) is 0 Å². The Morgan fingerprint density at radius 3 is 2.15 bits per heavy atom. The summed E-state index contributed by atoms with van der Waals surface area (Å²) in [6, 6.07) is 16.7. The maximum atomic E-state index is 12.4. The third kappa shape index (κ3) is 4.32. The molecule has 0 aliphatic carbocycles. The summed E-state index contributed by atoms with van der Waals surface area (Å²) >= 11 is 0. The fraction of sp³-hybridized carbons (Fsp3) is 0.250. The average Bonchev–Trinajstić information content (AvgIpc) is 3.04. The van der Waals surface area contributed by atoms with E-state index in [0.717, 1.165) is 17.5 Å². The molecule has 1 aromatic heterocycles. The van der Waals surface area contributed by atoms with Gasteiger partial charge in [0.2, 0.25) is 0 Å². The van der Waals surface area contributed by atoms with Crippen LogP contribution in [0, 0.1) is 6.92 Å². The van der Waals surface area contributed by atoms with Crippen molar-refractivity contribution in [3.05, 3.63) is 65.9 Å². The van der Waals surface area contributed by atoms with E-state index in [1.54, 1.807) is 19.1 Å². The van der Waals surface area contributed by atoms with E-state index in [1.165, 1.54) is 24.5 Å². The van der Waals surface area contributed by atoms with Crippen molar-refractivity contribution in [2.75, 3.05) is 4.72 Å². The van der Waals surface area contributed by atoms with Gasteiger partial charge in [0, 0.05) is 6.07 Å². The lowest BCUT2D eigenvalue weighted by Crippen LogP contribution is -2.13. The van der Waals surface area contributed by atoms with E-state index in [0.29, 0.717) is 5.76 Å². The van der Waals surface area contributed by atoms with Crippen molar-refractivity contribution < 1.29 is 12.9 Å². The van der Waals surface area contributed by atoms with Gasteiger partial charge in [-0.05, 0) is 48.6 Å². The van der Waals surface area contributed by atoms with Gasteiger partial charge >= 0.3 is 0 Å². The number of nitrogens with zero attached hydrogens (tertiary/aromatic N) is 1. The second kappa shape index (κ2) is 7.74. The standard InChI is InChI=1S/C20H22N2O3S/c1-3-4-5-16-6-8-17(9-7-16)18-10-12-19(13-11-18)26(23,24)22-20-14-15(2)25-21-20/h6-14H,3-5H2,1-2H3,(H,21,22). The zero-order chi connectivity index (χ0) is 18.6. The van der Waals surface area contributed by atoms with E-state index in [2.05, 4.69) is 41.1 Å². The van der Waals surface area contributed by atoms with E-state index in [9.17, 15) is 8.42 Å². The molecule has 136 valence electrons. The molecule has 5 nitrogen and oxygen atoms in total. The molecule has 26 heavy (non-hydrogen) atoms. The number of sulfonamides is 1. The van der Waals surface area contributed by atoms with E-state index < -0.39 is 10.0 Å². The first-order chi connectivity index (χ1) is 12.5. The van der Waals surface area contributed by atoms with Gasteiger partial charge in [-0.15, -0.1) is 0 Å². The Hall–Kier alpha value is -2.60. The monoisotopic (exact) mass is 370 g/mol. The van der Waals surface area contributed by atoms with Crippen molar-refractivity contribution in [2.24, 2.45) is 0 Å². The van der Waals surface area contributed by atoms with Crippen molar-refractivity contribution >= 4 is 15.8 Å². The van der Waals surface area contributed by atoms with Crippen molar-refractivity contribution in [1.29, 1.82) is 0 Å². The highest BCUT2D eigenvalue weighted by Crippen LogP contribution is 2.23. The molecule has 0 amide bonds. The van der Waals surface area contributed by atoms with E-state index in [-0.39, 0.29) is 10.7 Å². The first kappa shape index (κ1) is 18.2. The highest BCUT2D eigenvalue weighted by Gasteiger charge is 2.16. The molecule has 1 N–H and O–H groups in total. The molecule has 1 heterocycles. The maximum Gasteiger partial charge on any atom is 0.263 e. The van der Waals surface area contributed by atoms with Crippen LogP contribution in [0.15, 0.2) is 64.0 Å². The van der Waals surface area contributed by atoms with Crippen LogP contribution >= 0.6 is 0 Å². The molecule has 0 radical (unpaired) electrons. The summed E-state index contributed by atoms with van der Waals surface area (Å²) in [5.41, 5.74) is 3.36. The van der Waals surface area contributed by atoms with Crippen LogP contribution in [0.4, 0.5) is 5.82 Å². The molecule has 2 aromatic carbocycles. The quantitative estimate of drug-likeness (QED) is 0.649. The van der Waals surface area contributed by atoms with Crippen LogP contribution in [0.1, 0.15) is 31.1 Å². The Morgan fingerprint density at radius 1 is 1.00 bits per heavy atom. The van der Waals surface area contributed by atoms with Gasteiger partial charge in [-0.25, -0.2) is 8.42 Å². The molecule has 3 rings (SSSR count). The lowest BCUT2D eigenvalue weighted by Gasteiger charge is -2.07. The molecule has 6 heteroatoms. The predicted octanol–water partition coefficient (Wildman–Crippen LogP) is 4.79. The number of nitrogens with one attached hydrogen (secondary N) is 1. The van der Waals surface area contributed by atoms with Gasteiger partial charge in [-0.3, -0.25) is 4.72 Å². The molecule has 0 bridgehead atoms. The second-order valence-corrected chi connectivity index (χ2v) is 7.94. The molecule has 0 aliphatic rings. The van der Waals surface area contributed by atoms with Gasteiger partial charge in [0.1, 0.15) is 5.76 Å². The number of rotatable bonds is 7. The van der Waals surface area contributed by atoms with Gasteiger partial charge in [0.05, 0.1) is 4.90 Å². The molecule has 0 aliphatic heterocycles. The number of aryl methyl sites for hydroxylation is 2. The summed E-state index contributed by atoms with van der Waals surface area (Å²) < 4.78 is 32.1. The molecule has 0 atom stereocenters. The Morgan fingerprint density at radius 2 is 1.62 bits per heavy atom. The summed E-state index contributed by atoms with van der Waals surface area (Å²) in [7, 11) is -3.69. The summed E-state index contributed by atoms with van der Waals surface area (Å²) in [6.45, 7) is 3.88. The number of benzene rings is 2. The lowest BCUT2D eigenvalue weighted by atomic mass is 10.0.